The van der Waals surface area contributed by atoms with E-state index in [4.69, 9.17) is 4.52 Å². The molecule has 1 fully saturated rings. The maximum atomic E-state index is 12.7. The Labute approximate surface area is 131 Å². The zero-order valence-electron chi connectivity index (χ0n) is 12.8. The summed E-state index contributed by atoms with van der Waals surface area (Å²) < 4.78 is 32.1. The number of hydrogen-bond acceptors (Lipinski definition) is 4. The van der Waals surface area contributed by atoms with E-state index in [2.05, 4.69) is 11.2 Å². The Morgan fingerprint density at radius 3 is 2.82 bits per heavy atom. The van der Waals surface area contributed by atoms with E-state index in [1.165, 1.54) is 0 Å². The topological polar surface area (TPSA) is 63.4 Å². The molecule has 1 aromatic heterocycles. The van der Waals surface area contributed by atoms with Crippen LogP contribution in [0.25, 0.3) is 0 Å². The van der Waals surface area contributed by atoms with E-state index in [0.717, 1.165) is 24.0 Å². The highest BCUT2D eigenvalue weighted by molar-refractivity contribution is 7.88. The maximum Gasteiger partial charge on any atom is 0.222 e. The molecule has 0 aliphatic carbocycles. The second kappa shape index (κ2) is 5.85. The van der Waals surface area contributed by atoms with Gasteiger partial charge in [-0.2, -0.15) is 4.31 Å². The van der Waals surface area contributed by atoms with Gasteiger partial charge in [0.2, 0.25) is 10.0 Å². The lowest BCUT2D eigenvalue weighted by molar-refractivity contribution is 0.372. The minimum absolute atomic E-state index is 0.0751. The van der Waals surface area contributed by atoms with Gasteiger partial charge in [-0.25, -0.2) is 8.42 Å². The van der Waals surface area contributed by atoms with E-state index in [1.807, 2.05) is 25.1 Å². The lowest BCUT2D eigenvalue weighted by atomic mass is 10.0. The second-order valence-corrected chi connectivity index (χ2v) is 7.80. The van der Waals surface area contributed by atoms with Crippen molar-refractivity contribution in [1.29, 1.82) is 0 Å². The molecule has 6 heteroatoms. The molecule has 1 unspecified atom stereocenters. The minimum Gasteiger partial charge on any atom is -0.360 e. The van der Waals surface area contributed by atoms with E-state index in [1.54, 1.807) is 17.3 Å². The summed E-state index contributed by atoms with van der Waals surface area (Å²) >= 11 is 0. The molecule has 1 aliphatic rings. The van der Waals surface area contributed by atoms with Gasteiger partial charge < -0.3 is 4.52 Å². The fourth-order valence-corrected chi connectivity index (χ4v) is 4.71. The number of nitrogens with zero attached hydrogens (tertiary/aromatic N) is 2. The molecule has 2 heterocycles. The number of rotatable bonds is 4. The first kappa shape index (κ1) is 15.2. The van der Waals surface area contributed by atoms with Crippen molar-refractivity contribution in [2.24, 2.45) is 0 Å². The van der Waals surface area contributed by atoms with Crippen molar-refractivity contribution in [3.8, 4) is 0 Å². The molecule has 1 atom stereocenters. The molecule has 1 aliphatic heterocycles. The summed E-state index contributed by atoms with van der Waals surface area (Å²) in [4.78, 5) is 0. The lowest BCUT2D eigenvalue weighted by Gasteiger charge is -2.24. The zero-order valence-corrected chi connectivity index (χ0v) is 13.6. The first-order chi connectivity index (χ1) is 10.5. The summed E-state index contributed by atoms with van der Waals surface area (Å²) in [5.74, 6) is 0.267. The standard InChI is InChI=1S/C16H20N2O3S/c1-12-5-3-6-14(9-12)16-7-4-8-18(16)22(19,20)11-15-10-13(2)17-21-15/h3,5-6,9-10,16H,4,7-8,11H2,1-2H3. The minimum atomic E-state index is -3.41. The molecule has 0 bridgehead atoms. The van der Waals surface area contributed by atoms with Crippen LogP contribution in [0, 0.1) is 13.8 Å². The van der Waals surface area contributed by atoms with Gasteiger partial charge in [0, 0.05) is 18.7 Å². The van der Waals surface area contributed by atoms with Gasteiger partial charge in [0.1, 0.15) is 5.75 Å². The van der Waals surface area contributed by atoms with E-state index in [-0.39, 0.29) is 11.8 Å². The van der Waals surface area contributed by atoms with Gasteiger partial charge in [0.25, 0.3) is 0 Å². The summed E-state index contributed by atoms with van der Waals surface area (Å²) in [6, 6.07) is 9.67. The van der Waals surface area contributed by atoms with Crippen LogP contribution >= 0.6 is 0 Å². The van der Waals surface area contributed by atoms with Gasteiger partial charge in [0.05, 0.1) is 5.69 Å². The molecule has 5 nitrogen and oxygen atoms in total. The zero-order chi connectivity index (χ0) is 15.7. The Morgan fingerprint density at radius 2 is 2.14 bits per heavy atom. The maximum absolute atomic E-state index is 12.7. The van der Waals surface area contributed by atoms with E-state index < -0.39 is 10.0 Å². The Kier molecular flexibility index (Phi) is 4.06. The monoisotopic (exact) mass is 320 g/mol. The Balaban J connectivity index is 1.85. The van der Waals surface area contributed by atoms with Crippen LogP contribution in [0.15, 0.2) is 34.9 Å². The third-order valence-electron chi connectivity index (χ3n) is 3.99. The molecule has 2 aromatic rings. The summed E-state index contributed by atoms with van der Waals surface area (Å²) in [5.41, 5.74) is 2.91. The average molecular weight is 320 g/mol. The molecule has 0 amide bonds. The third-order valence-corrected chi connectivity index (χ3v) is 5.79. The number of aryl methyl sites for hydroxylation is 2. The van der Waals surface area contributed by atoms with Crippen LogP contribution in [-0.2, 0) is 15.8 Å². The van der Waals surface area contributed by atoms with Crippen LogP contribution in [-0.4, -0.2) is 24.4 Å². The van der Waals surface area contributed by atoms with E-state index in [0.29, 0.717) is 18.0 Å². The predicted molar refractivity (Wildman–Crippen MR) is 83.7 cm³/mol. The molecule has 3 rings (SSSR count). The van der Waals surface area contributed by atoms with E-state index >= 15 is 0 Å². The Morgan fingerprint density at radius 1 is 1.32 bits per heavy atom. The van der Waals surface area contributed by atoms with Crippen molar-refractivity contribution in [3.05, 3.63) is 52.9 Å². The Hall–Kier alpha value is -1.66. The first-order valence-corrected chi connectivity index (χ1v) is 9.05. The highest BCUT2D eigenvalue weighted by Gasteiger charge is 2.35. The first-order valence-electron chi connectivity index (χ1n) is 7.44. The van der Waals surface area contributed by atoms with Crippen LogP contribution in [0.3, 0.4) is 0 Å². The van der Waals surface area contributed by atoms with Crippen LogP contribution < -0.4 is 0 Å². The van der Waals surface area contributed by atoms with Crippen molar-refractivity contribution in [2.45, 2.75) is 38.5 Å². The van der Waals surface area contributed by atoms with Gasteiger partial charge >= 0.3 is 0 Å². The molecule has 0 spiro atoms. The molecule has 0 radical (unpaired) electrons. The van der Waals surface area contributed by atoms with Crippen molar-refractivity contribution < 1.29 is 12.9 Å². The van der Waals surface area contributed by atoms with Crippen molar-refractivity contribution in [1.82, 2.24) is 9.46 Å². The summed E-state index contributed by atoms with van der Waals surface area (Å²) in [5, 5.41) is 3.76. The van der Waals surface area contributed by atoms with Crippen LogP contribution in [0.4, 0.5) is 0 Å². The predicted octanol–water partition coefficient (Wildman–Crippen LogP) is 2.96. The summed E-state index contributed by atoms with van der Waals surface area (Å²) in [6.07, 6.45) is 1.74. The van der Waals surface area contributed by atoms with Crippen LogP contribution in [0.2, 0.25) is 0 Å². The smallest absolute Gasteiger partial charge is 0.222 e. The molecule has 1 aromatic carbocycles. The molecule has 118 valence electrons. The Bertz CT molecular complexity index is 767. The van der Waals surface area contributed by atoms with Crippen molar-refractivity contribution in [3.63, 3.8) is 0 Å². The van der Waals surface area contributed by atoms with Gasteiger partial charge in [-0.1, -0.05) is 35.0 Å². The number of hydrogen-bond donors (Lipinski definition) is 0. The second-order valence-electron chi connectivity index (χ2n) is 5.87. The summed E-state index contributed by atoms with van der Waals surface area (Å²) in [6.45, 7) is 4.37. The van der Waals surface area contributed by atoms with Gasteiger partial charge in [-0.05, 0) is 32.3 Å². The fourth-order valence-electron chi connectivity index (χ4n) is 3.03. The number of benzene rings is 1. The average Bonchev–Trinajstić information content (AvgIpc) is 3.08. The summed E-state index contributed by atoms with van der Waals surface area (Å²) in [7, 11) is -3.41. The van der Waals surface area contributed by atoms with Gasteiger partial charge in [-0.15, -0.1) is 0 Å². The van der Waals surface area contributed by atoms with Crippen LogP contribution in [0.5, 0.6) is 0 Å². The highest BCUT2D eigenvalue weighted by atomic mass is 32.2. The quantitative estimate of drug-likeness (QED) is 0.869. The van der Waals surface area contributed by atoms with Crippen molar-refractivity contribution >= 4 is 10.0 Å². The van der Waals surface area contributed by atoms with Gasteiger partial charge in [0.15, 0.2) is 5.76 Å². The van der Waals surface area contributed by atoms with Crippen molar-refractivity contribution in [2.75, 3.05) is 6.54 Å². The van der Waals surface area contributed by atoms with Crippen LogP contribution in [0.1, 0.15) is 41.5 Å². The highest BCUT2D eigenvalue weighted by Crippen LogP contribution is 2.35. The van der Waals surface area contributed by atoms with E-state index in [9.17, 15) is 8.42 Å². The number of aromatic nitrogens is 1. The number of sulfonamides is 1. The third kappa shape index (κ3) is 3.08. The molecule has 0 N–H and O–H groups in total. The largest absolute Gasteiger partial charge is 0.360 e. The fraction of sp³-hybridized carbons (Fsp3) is 0.438. The molecule has 1 saturated heterocycles. The SMILES string of the molecule is Cc1cccc(C2CCCN2S(=O)(=O)Cc2cc(C)no2)c1. The molecule has 22 heavy (non-hydrogen) atoms. The lowest BCUT2D eigenvalue weighted by Crippen LogP contribution is -2.31. The normalized spacial score (nSPS) is 19.6. The van der Waals surface area contributed by atoms with Gasteiger partial charge in [-0.3, -0.25) is 0 Å². The molecular weight excluding hydrogens is 300 g/mol. The molecule has 0 saturated carbocycles. The molecular formula is C16H20N2O3S.